The largest absolute Gasteiger partial charge is 0.441 e. The normalized spacial score (nSPS) is 11.4. The highest BCUT2D eigenvalue weighted by Gasteiger charge is 2.16. The maximum Gasteiger partial charge on any atom is 0.319 e. The van der Waals surface area contributed by atoms with E-state index in [1.807, 2.05) is 0 Å². The van der Waals surface area contributed by atoms with Crippen LogP contribution in [0.25, 0.3) is 11.1 Å². The Balaban J connectivity index is 1.88. The Bertz CT molecular complexity index is 746. The summed E-state index contributed by atoms with van der Waals surface area (Å²) in [6.07, 6.45) is 1.42. The van der Waals surface area contributed by atoms with Crippen LogP contribution in [0.5, 0.6) is 0 Å². The first-order valence-corrected chi connectivity index (χ1v) is 8.42. The van der Waals surface area contributed by atoms with Crippen LogP contribution < -0.4 is 16.0 Å². The number of benzene rings is 1. The average Bonchev–Trinajstić information content (AvgIpc) is 2.85. The number of rotatable bonds is 6. The van der Waals surface area contributed by atoms with Gasteiger partial charge in [0, 0.05) is 32.1 Å². The molecule has 1 aromatic heterocycles. The first-order chi connectivity index (χ1) is 11.7. The Hall–Kier alpha value is -2.57. The Kier molecular flexibility index (Phi) is 6.01. The molecule has 0 fully saturated rings. The van der Waals surface area contributed by atoms with Gasteiger partial charge in [-0.1, -0.05) is 20.8 Å². The lowest BCUT2D eigenvalue weighted by Crippen LogP contribution is -2.31. The molecule has 0 spiro atoms. The molecule has 0 bridgehead atoms. The molecule has 2 aromatic rings. The van der Waals surface area contributed by atoms with Crippen LogP contribution in [0.3, 0.4) is 0 Å². The number of anilines is 1. The van der Waals surface area contributed by atoms with Gasteiger partial charge in [0.15, 0.2) is 11.5 Å². The highest BCUT2D eigenvalue weighted by molar-refractivity contribution is 5.91. The minimum absolute atomic E-state index is 0.0730. The highest BCUT2D eigenvalue weighted by atomic mass is 16.3. The fourth-order valence-corrected chi connectivity index (χ4v) is 2.31. The summed E-state index contributed by atoms with van der Waals surface area (Å²) < 4.78 is 5.74. The fraction of sp³-hybridized carbons (Fsp3) is 0.500. The van der Waals surface area contributed by atoms with Crippen molar-refractivity contribution in [1.29, 1.82) is 0 Å². The van der Waals surface area contributed by atoms with Crippen molar-refractivity contribution in [2.75, 3.05) is 18.4 Å². The predicted molar refractivity (Wildman–Crippen MR) is 97.5 cm³/mol. The SMILES string of the molecule is CC(=O)NCCCNC(=O)Nc1ccc2oc(CC(C)(C)C)nc2c1. The molecule has 0 aliphatic rings. The number of carbonyl (C=O) groups is 2. The number of hydrogen-bond acceptors (Lipinski definition) is 4. The molecule has 0 saturated heterocycles. The van der Waals surface area contributed by atoms with Gasteiger partial charge in [-0.25, -0.2) is 9.78 Å². The van der Waals surface area contributed by atoms with Crippen LogP contribution in [0.2, 0.25) is 0 Å². The summed E-state index contributed by atoms with van der Waals surface area (Å²) in [5.74, 6) is 0.623. The van der Waals surface area contributed by atoms with Gasteiger partial charge in [0.05, 0.1) is 0 Å². The lowest BCUT2D eigenvalue weighted by molar-refractivity contribution is -0.118. The van der Waals surface area contributed by atoms with Crippen LogP contribution >= 0.6 is 0 Å². The van der Waals surface area contributed by atoms with Crippen molar-refractivity contribution in [3.63, 3.8) is 0 Å². The number of fused-ring (bicyclic) bond motifs is 1. The van der Waals surface area contributed by atoms with E-state index < -0.39 is 0 Å². The van der Waals surface area contributed by atoms with E-state index in [-0.39, 0.29) is 17.4 Å². The average molecular weight is 346 g/mol. The molecule has 3 amide bonds. The summed E-state index contributed by atoms with van der Waals surface area (Å²) in [7, 11) is 0. The molecule has 3 N–H and O–H groups in total. The number of nitrogens with one attached hydrogen (secondary N) is 3. The second kappa shape index (κ2) is 8.00. The second-order valence-corrected chi connectivity index (χ2v) is 7.24. The van der Waals surface area contributed by atoms with Crippen molar-refractivity contribution < 1.29 is 14.0 Å². The third-order valence-electron chi connectivity index (χ3n) is 3.38. The molecule has 0 radical (unpaired) electrons. The lowest BCUT2D eigenvalue weighted by Gasteiger charge is -2.14. The smallest absolute Gasteiger partial charge is 0.319 e. The first-order valence-electron chi connectivity index (χ1n) is 8.42. The van der Waals surface area contributed by atoms with E-state index in [0.717, 1.165) is 11.9 Å². The predicted octanol–water partition coefficient (Wildman–Crippen LogP) is 3.06. The quantitative estimate of drug-likeness (QED) is 0.700. The van der Waals surface area contributed by atoms with E-state index in [9.17, 15) is 9.59 Å². The van der Waals surface area contributed by atoms with Gasteiger partial charge in [-0.15, -0.1) is 0 Å². The lowest BCUT2D eigenvalue weighted by atomic mass is 9.92. The molecule has 2 rings (SSSR count). The molecule has 7 nitrogen and oxygen atoms in total. The van der Waals surface area contributed by atoms with Crippen molar-refractivity contribution in [3.05, 3.63) is 24.1 Å². The standard InChI is InChI=1S/C18H26N4O3/c1-12(23)19-8-5-9-20-17(24)21-13-6-7-15-14(10-13)22-16(25-15)11-18(2,3)4/h6-7,10H,5,8-9,11H2,1-4H3,(H,19,23)(H2,20,21,24). The summed E-state index contributed by atoms with van der Waals surface area (Å²) in [5, 5.41) is 8.19. The van der Waals surface area contributed by atoms with Gasteiger partial charge in [0.1, 0.15) is 5.52 Å². The molecule has 25 heavy (non-hydrogen) atoms. The number of aromatic nitrogens is 1. The van der Waals surface area contributed by atoms with Crippen LogP contribution in [-0.4, -0.2) is 30.0 Å². The Morgan fingerprint density at radius 3 is 2.56 bits per heavy atom. The van der Waals surface area contributed by atoms with Gasteiger partial charge in [-0.2, -0.15) is 0 Å². The van der Waals surface area contributed by atoms with Crippen LogP contribution in [0, 0.1) is 5.41 Å². The van der Waals surface area contributed by atoms with E-state index in [4.69, 9.17) is 4.42 Å². The number of hydrogen-bond donors (Lipinski definition) is 3. The van der Waals surface area contributed by atoms with E-state index in [1.165, 1.54) is 6.92 Å². The molecule has 7 heteroatoms. The number of nitrogens with zero attached hydrogens (tertiary/aromatic N) is 1. The fourth-order valence-electron chi connectivity index (χ4n) is 2.31. The van der Waals surface area contributed by atoms with Crippen molar-refractivity contribution in [1.82, 2.24) is 15.6 Å². The van der Waals surface area contributed by atoms with Gasteiger partial charge in [0.2, 0.25) is 5.91 Å². The van der Waals surface area contributed by atoms with Gasteiger partial charge in [-0.3, -0.25) is 4.79 Å². The summed E-state index contributed by atoms with van der Waals surface area (Å²) in [6, 6.07) is 5.09. The molecular formula is C18H26N4O3. The molecule has 136 valence electrons. The monoisotopic (exact) mass is 346 g/mol. The van der Waals surface area contributed by atoms with Gasteiger partial charge in [-0.05, 0) is 30.0 Å². The number of oxazole rings is 1. The third-order valence-corrected chi connectivity index (χ3v) is 3.38. The first kappa shape index (κ1) is 18.8. The van der Waals surface area contributed by atoms with Crippen LogP contribution in [0.1, 0.15) is 40.0 Å². The molecule has 1 aromatic carbocycles. The van der Waals surface area contributed by atoms with Crippen LogP contribution in [-0.2, 0) is 11.2 Å². The Morgan fingerprint density at radius 2 is 1.88 bits per heavy atom. The van der Waals surface area contributed by atoms with Crippen molar-refractivity contribution in [2.24, 2.45) is 5.41 Å². The maximum atomic E-state index is 11.9. The minimum atomic E-state index is -0.291. The summed E-state index contributed by atoms with van der Waals surface area (Å²) in [6.45, 7) is 8.87. The zero-order valence-corrected chi connectivity index (χ0v) is 15.2. The molecular weight excluding hydrogens is 320 g/mol. The third kappa shape index (κ3) is 6.45. The summed E-state index contributed by atoms with van der Waals surface area (Å²) in [4.78, 5) is 27.1. The maximum absolute atomic E-state index is 11.9. The van der Waals surface area contributed by atoms with Gasteiger partial charge >= 0.3 is 6.03 Å². The molecule has 0 saturated carbocycles. The van der Waals surface area contributed by atoms with Crippen molar-refractivity contribution >= 4 is 28.7 Å². The van der Waals surface area contributed by atoms with E-state index in [2.05, 4.69) is 41.7 Å². The van der Waals surface area contributed by atoms with Gasteiger partial charge in [0.25, 0.3) is 0 Å². The zero-order valence-electron chi connectivity index (χ0n) is 15.2. The number of amides is 3. The van der Waals surface area contributed by atoms with Crippen molar-refractivity contribution in [3.8, 4) is 0 Å². The molecule has 1 heterocycles. The molecule has 0 unspecified atom stereocenters. The molecule has 0 aliphatic heterocycles. The van der Waals surface area contributed by atoms with E-state index >= 15 is 0 Å². The Morgan fingerprint density at radius 1 is 1.16 bits per heavy atom. The van der Waals surface area contributed by atoms with E-state index in [1.54, 1.807) is 18.2 Å². The van der Waals surface area contributed by atoms with Crippen LogP contribution in [0.4, 0.5) is 10.5 Å². The van der Waals surface area contributed by atoms with Crippen molar-refractivity contribution in [2.45, 2.75) is 40.5 Å². The minimum Gasteiger partial charge on any atom is -0.441 e. The number of urea groups is 1. The van der Waals surface area contributed by atoms with Gasteiger partial charge < -0.3 is 20.4 Å². The van der Waals surface area contributed by atoms with Crippen LogP contribution in [0.15, 0.2) is 22.6 Å². The zero-order chi connectivity index (χ0) is 18.4. The second-order valence-electron chi connectivity index (χ2n) is 7.24. The molecule has 0 aliphatic carbocycles. The highest BCUT2D eigenvalue weighted by Crippen LogP contribution is 2.25. The number of carbonyl (C=O) groups excluding carboxylic acids is 2. The summed E-state index contributed by atoms with van der Waals surface area (Å²) in [5.41, 5.74) is 2.18. The summed E-state index contributed by atoms with van der Waals surface area (Å²) >= 11 is 0. The van der Waals surface area contributed by atoms with E-state index in [0.29, 0.717) is 36.7 Å². The Labute approximate surface area is 147 Å². The topological polar surface area (TPSA) is 96.3 Å². The molecule has 0 atom stereocenters.